The van der Waals surface area contributed by atoms with E-state index in [1.807, 2.05) is 66.7 Å². The predicted octanol–water partition coefficient (Wildman–Crippen LogP) is 5.18. The maximum Gasteiger partial charge on any atom is 0.247 e. The molecule has 3 rings (SSSR count). The van der Waals surface area contributed by atoms with Crippen LogP contribution in [-0.4, -0.2) is 37.5 Å². The number of benzene rings is 3. The van der Waals surface area contributed by atoms with Gasteiger partial charge in [-0.2, -0.15) is 0 Å². The fourth-order valence-electron chi connectivity index (χ4n) is 4.06. The molecule has 0 heterocycles. The molecular formula is C30H36N2O4. The fourth-order valence-corrected chi connectivity index (χ4v) is 4.06. The zero-order valence-electron chi connectivity index (χ0n) is 21.6. The van der Waals surface area contributed by atoms with Crippen LogP contribution in [-0.2, 0) is 22.6 Å². The lowest BCUT2D eigenvalue weighted by Crippen LogP contribution is -2.44. The lowest BCUT2D eigenvalue weighted by Gasteiger charge is -2.32. The van der Waals surface area contributed by atoms with Crippen LogP contribution in [0.4, 0.5) is 0 Å². The van der Waals surface area contributed by atoms with E-state index >= 15 is 0 Å². The van der Waals surface area contributed by atoms with E-state index in [0.717, 1.165) is 23.1 Å². The Bertz CT molecular complexity index is 1120. The average molecular weight is 489 g/mol. The molecular weight excluding hydrogens is 452 g/mol. The van der Waals surface area contributed by atoms with Crippen molar-refractivity contribution in [3.05, 3.63) is 95.6 Å². The van der Waals surface area contributed by atoms with Gasteiger partial charge in [0.2, 0.25) is 11.8 Å². The van der Waals surface area contributed by atoms with Crippen molar-refractivity contribution in [3.63, 3.8) is 0 Å². The largest absolute Gasteiger partial charge is 0.493 e. The molecule has 3 aromatic carbocycles. The minimum absolute atomic E-state index is 0.121. The predicted molar refractivity (Wildman–Crippen MR) is 142 cm³/mol. The molecule has 6 nitrogen and oxygen atoms in total. The van der Waals surface area contributed by atoms with Gasteiger partial charge in [-0.15, -0.1) is 0 Å². The van der Waals surface area contributed by atoms with Gasteiger partial charge in [0.15, 0.2) is 11.5 Å². The first-order chi connectivity index (χ1) is 17.4. The minimum atomic E-state index is -0.758. The standard InChI is InChI=1S/C30H36N2O4/c1-22(2)17-18-31-30(34)29(25-13-9-6-10-14-25)32(21-23-11-7-5-8-12-23)28(33)20-24-15-16-26(35-3)27(19-24)36-4/h5-16,19,22,29H,17-18,20-21H2,1-4H3,(H,31,34)/t29-/m1/s1. The third-order valence-corrected chi connectivity index (χ3v) is 6.02. The van der Waals surface area contributed by atoms with Crippen LogP contribution in [0.2, 0.25) is 0 Å². The van der Waals surface area contributed by atoms with Crippen molar-refractivity contribution in [3.8, 4) is 11.5 Å². The van der Waals surface area contributed by atoms with Crippen LogP contribution in [0.1, 0.15) is 43.0 Å². The van der Waals surface area contributed by atoms with Crippen LogP contribution in [0, 0.1) is 5.92 Å². The maximum absolute atomic E-state index is 13.8. The van der Waals surface area contributed by atoms with Crippen LogP contribution in [0.25, 0.3) is 0 Å². The molecule has 36 heavy (non-hydrogen) atoms. The van der Waals surface area contributed by atoms with E-state index in [9.17, 15) is 9.59 Å². The van der Waals surface area contributed by atoms with Crippen molar-refractivity contribution in [1.82, 2.24) is 10.2 Å². The van der Waals surface area contributed by atoms with Crippen LogP contribution in [0.15, 0.2) is 78.9 Å². The number of hydrogen-bond donors (Lipinski definition) is 1. The SMILES string of the molecule is COc1ccc(CC(=O)N(Cc2ccccc2)[C@@H](C(=O)NCCC(C)C)c2ccccc2)cc1OC. The first-order valence-corrected chi connectivity index (χ1v) is 12.3. The summed E-state index contributed by atoms with van der Waals surface area (Å²) in [6.07, 6.45) is 0.987. The van der Waals surface area contributed by atoms with E-state index in [-0.39, 0.29) is 18.2 Å². The molecule has 2 amide bonds. The maximum atomic E-state index is 13.8. The van der Waals surface area contributed by atoms with Gasteiger partial charge in [-0.25, -0.2) is 0 Å². The van der Waals surface area contributed by atoms with Gasteiger partial charge in [0.1, 0.15) is 6.04 Å². The zero-order valence-corrected chi connectivity index (χ0v) is 21.6. The van der Waals surface area contributed by atoms with Crippen molar-refractivity contribution in [2.75, 3.05) is 20.8 Å². The Morgan fingerprint density at radius 3 is 2.08 bits per heavy atom. The summed E-state index contributed by atoms with van der Waals surface area (Å²) < 4.78 is 10.8. The van der Waals surface area contributed by atoms with Gasteiger partial charge in [-0.3, -0.25) is 9.59 Å². The monoisotopic (exact) mass is 488 g/mol. The molecule has 1 atom stereocenters. The van der Waals surface area contributed by atoms with E-state index in [0.29, 0.717) is 30.5 Å². The number of carbonyl (C=O) groups excluding carboxylic acids is 2. The van der Waals surface area contributed by atoms with Gasteiger partial charge < -0.3 is 19.7 Å². The highest BCUT2D eigenvalue weighted by atomic mass is 16.5. The Morgan fingerprint density at radius 2 is 1.47 bits per heavy atom. The molecule has 0 aliphatic rings. The molecule has 0 spiro atoms. The Hall–Kier alpha value is -3.80. The van der Waals surface area contributed by atoms with E-state index in [2.05, 4.69) is 19.2 Å². The number of ether oxygens (including phenoxy) is 2. The fraction of sp³-hybridized carbons (Fsp3) is 0.333. The summed E-state index contributed by atoms with van der Waals surface area (Å²) in [5, 5.41) is 3.06. The van der Waals surface area contributed by atoms with E-state index in [4.69, 9.17) is 9.47 Å². The normalized spacial score (nSPS) is 11.6. The molecule has 0 aromatic heterocycles. The van der Waals surface area contributed by atoms with Crippen LogP contribution in [0.3, 0.4) is 0 Å². The highest BCUT2D eigenvalue weighted by Gasteiger charge is 2.31. The van der Waals surface area contributed by atoms with Crippen LogP contribution >= 0.6 is 0 Å². The van der Waals surface area contributed by atoms with E-state index < -0.39 is 6.04 Å². The van der Waals surface area contributed by atoms with Crippen LogP contribution < -0.4 is 14.8 Å². The number of carbonyl (C=O) groups is 2. The molecule has 0 unspecified atom stereocenters. The summed E-state index contributed by atoms with van der Waals surface area (Å²) in [6, 6.07) is 23.9. The highest BCUT2D eigenvalue weighted by Crippen LogP contribution is 2.29. The molecule has 6 heteroatoms. The molecule has 0 fully saturated rings. The first kappa shape index (κ1) is 26.8. The Balaban J connectivity index is 1.96. The van der Waals surface area contributed by atoms with Gasteiger partial charge in [0, 0.05) is 13.1 Å². The van der Waals surface area contributed by atoms with Gasteiger partial charge in [0.25, 0.3) is 0 Å². The van der Waals surface area contributed by atoms with Crippen molar-refractivity contribution >= 4 is 11.8 Å². The van der Waals surface area contributed by atoms with Gasteiger partial charge in [-0.1, -0.05) is 80.6 Å². The lowest BCUT2D eigenvalue weighted by atomic mass is 10.0. The third kappa shape index (κ3) is 7.35. The van der Waals surface area contributed by atoms with Crippen molar-refractivity contribution < 1.29 is 19.1 Å². The third-order valence-electron chi connectivity index (χ3n) is 6.02. The molecule has 0 bridgehead atoms. The number of hydrogen-bond acceptors (Lipinski definition) is 4. The smallest absolute Gasteiger partial charge is 0.247 e. The molecule has 190 valence electrons. The Morgan fingerprint density at radius 1 is 0.833 bits per heavy atom. The molecule has 1 N–H and O–H groups in total. The summed E-state index contributed by atoms with van der Waals surface area (Å²) in [5.41, 5.74) is 2.51. The molecule has 0 aliphatic heterocycles. The number of methoxy groups -OCH3 is 2. The summed E-state index contributed by atoms with van der Waals surface area (Å²) in [5.74, 6) is 1.29. The second kappa shape index (κ2) is 13.3. The molecule has 0 radical (unpaired) electrons. The minimum Gasteiger partial charge on any atom is -0.493 e. The van der Waals surface area contributed by atoms with Gasteiger partial charge in [0.05, 0.1) is 20.6 Å². The average Bonchev–Trinajstić information content (AvgIpc) is 2.89. The van der Waals surface area contributed by atoms with E-state index in [1.165, 1.54) is 0 Å². The second-order valence-electron chi connectivity index (χ2n) is 9.16. The van der Waals surface area contributed by atoms with Gasteiger partial charge >= 0.3 is 0 Å². The topological polar surface area (TPSA) is 67.9 Å². The Kier molecular flexibility index (Phi) is 9.92. The van der Waals surface area contributed by atoms with Crippen LogP contribution in [0.5, 0.6) is 11.5 Å². The molecule has 0 aliphatic carbocycles. The summed E-state index contributed by atoms with van der Waals surface area (Å²) in [7, 11) is 3.14. The zero-order chi connectivity index (χ0) is 25.9. The lowest BCUT2D eigenvalue weighted by molar-refractivity contribution is -0.141. The molecule has 0 saturated heterocycles. The van der Waals surface area contributed by atoms with E-state index in [1.54, 1.807) is 31.3 Å². The quantitative estimate of drug-likeness (QED) is 0.382. The Labute approximate surface area is 214 Å². The highest BCUT2D eigenvalue weighted by molar-refractivity contribution is 5.89. The first-order valence-electron chi connectivity index (χ1n) is 12.3. The molecule has 3 aromatic rings. The molecule has 0 saturated carbocycles. The van der Waals surface area contributed by atoms with Gasteiger partial charge in [-0.05, 0) is 41.2 Å². The number of nitrogens with one attached hydrogen (secondary N) is 1. The second-order valence-corrected chi connectivity index (χ2v) is 9.16. The number of amides is 2. The summed E-state index contributed by atoms with van der Waals surface area (Å²) in [4.78, 5) is 29.1. The number of nitrogens with zero attached hydrogens (tertiary/aromatic N) is 1. The van der Waals surface area contributed by atoms with Crippen molar-refractivity contribution in [2.24, 2.45) is 5.92 Å². The van der Waals surface area contributed by atoms with Crippen molar-refractivity contribution in [2.45, 2.75) is 39.3 Å². The van der Waals surface area contributed by atoms with Crippen molar-refractivity contribution in [1.29, 1.82) is 0 Å². The summed E-state index contributed by atoms with van der Waals surface area (Å²) in [6.45, 7) is 5.11. The summed E-state index contributed by atoms with van der Waals surface area (Å²) >= 11 is 0. The number of rotatable bonds is 12.